The fraction of sp³-hybridized carbons (Fsp3) is 0.333. The van der Waals surface area contributed by atoms with Crippen molar-refractivity contribution in [1.82, 2.24) is 5.32 Å². The smallest absolute Gasteiger partial charge is 0.240 e. The van der Waals surface area contributed by atoms with Gasteiger partial charge in [0.25, 0.3) is 0 Å². The van der Waals surface area contributed by atoms with Crippen LogP contribution in [0, 0.1) is 0 Å². The summed E-state index contributed by atoms with van der Waals surface area (Å²) in [5.41, 5.74) is 2.75. The summed E-state index contributed by atoms with van der Waals surface area (Å²) in [7, 11) is 0. The highest BCUT2D eigenvalue weighted by molar-refractivity contribution is 6.31. The minimum atomic E-state index is -0.236. The van der Waals surface area contributed by atoms with Crippen LogP contribution in [-0.4, -0.2) is 18.4 Å². The minimum absolute atomic E-state index is 0.0331. The van der Waals surface area contributed by atoms with E-state index in [0.29, 0.717) is 17.3 Å². The molecule has 0 aromatic heterocycles. The van der Waals surface area contributed by atoms with E-state index in [1.807, 2.05) is 42.5 Å². The number of carbonyl (C=O) groups is 2. The molecule has 0 heterocycles. The molecule has 0 bridgehead atoms. The number of rotatable bonds is 5. The normalized spacial score (nSPS) is 11.1. The number of benzene rings is 2. The van der Waals surface area contributed by atoms with E-state index < -0.39 is 0 Å². The highest BCUT2D eigenvalue weighted by Gasteiger charge is 2.18. The highest BCUT2D eigenvalue weighted by Crippen LogP contribution is 2.25. The standard InChI is InChI=1S/C21H25ClN2O2/c1-15(25)24(18-11-9-17(10-12-18)21(2,3)4)14-20(26)23-13-16-7-5-6-8-19(16)22/h5-12H,13-14H2,1-4H3,(H,23,26). The van der Waals surface area contributed by atoms with Gasteiger partial charge in [-0.15, -0.1) is 0 Å². The van der Waals surface area contributed by atoms with Crippen molar-refractivity contribution >= 4 is 29.1 Å². The Labute approximate surface area is 160 Å². The first kappa shape index (κ1) is 20.0. The zero-order valence-electron chi connectivity index (χ0n) is 15.7. The van der Waals surface area contributed by atoms with Gasteiger partial charge in [0.15, 0.2) is 0 Å². The lowest BCUT2D eigenvalue weighted by molar-refractivity contribution is -0.123. The Hall–Kier alpha value is -2.33. The van der Waals surface area contributed by atoms with Gasteiger partial charge in [0, 0.05) is 24.2 Å². The average Bonchev–Trinajstić information content (AvgIpc) is 2.58. The SMILES string of the molecule is CC(=O)N(CC(=O)NCc1ccccc1Cl)c1ccc(C(C)(C)C)cc1. The molecule has 4 nitrogen and oxygen atoms in total. The topological polar surface area (TPSA) is 49.4 Å². The number of carbonyl (C=O) groups excluding carboxylic acids is 2. The number of anilines is 1. The molecule has 1 N–H and O–H groups in total. The Morgan fingerprint density at radius 1 is 1.04 bits per heavy atom. The van der Waals surface area contributed by atoms with E-state index in [2.05, 4.69) is 26.1 Å². The van der Waals surface area contributed by atoms with Crippen molar-refractivity contribution in [3.05, 3.63) is 64.7 Å². The van der Waals surface area contributed by atoms with Crippen LogP contribution >= 0.6 is 11.6 Å². The molecule has 0 aliphatic carbocycles. The Balaban J connectivity index is 2.04. The molecule has 0 saturated heterocycles. The van der Waals surface area contributed by atoms with E-state index in [-0.39, 0.29) is 23.8 Å². The highest BCUT2D eigenvalue weighted by atomic mass is 35.5. The van der Waals surface area contributed by atoms with Crippen LogP contribution in [0.1, 0.15) is 38.8 Å². The van der Waals surface area contributed by atoms with Gasteiger partial charge in [-0.3, -0.25) is 9.59 Å². The maximum absolute atomic E-state index is 12.3. The molecule has 0 atom stereocenters. The van der Waals surface area contributed by atoms with Gasteiger partial charge in [-0.2, -0.15) is 0 Å². The molecule has 0 unspecified atom stereocenters. The van der Waals surface area contributed by atoms with Crippen molar-refractivity contribution < 1.29 is 9.59 Å². The molecule has 0 radical (unpaired) electrons. The number of nitrogens with one attached hydrogen (secondary N) is 1. The molecule has 0 fully saturated rings. The van der Waals surface area contributed by atoms with Gasteiger partial charge in [0.05, 0.1) is 0 Å². The largest absolute Gasteiger partial charge is 0.350 e. The summed E-state index contributed by atoms with van der Waals surface area (Å²) in [6.07, 6.45) is 0. The molecule has 5 heteroatoms. The first-order valence-electron chi connectivity index (χ1n) is 8.57. The van der Waals surface area contributed by atoms with Crippen LogP contribution in [0.5, 0.6) is 0 Å². The number of hydrogen-bond donors (Lipinski definition) is 1. The lowest BCUT2D eigenvalue weighted by Crippen LogP contribution is -2.39. The maximum atomic E-state index is 12.3. The van der Waals surface area contributed by atoms with Crippen LogP contribution in [-0.2, 0) is 21.5 Å². The Kier molecular flexibility index (Phi) is 6.43. The van der Waals surface area contributed by atoms with E-state index in [1.165, 1.54) is 17.4 Å². The van der Waals surface area contributed by atoms with Gasteiger partial charge in [-0.1, -0.05) is 62.7 Å². The van der Waals surface area contributed by atoms with Crippen molar-refractivity contribution in [2.24, 2.45) is 0 Å². The van der Waals surface area contributed by atoms with Gasteiger partial charge < -0.3 is 10.2 Å². The van der Waals surface area contributed by atoms with E-state index in [4.69, 9.17) is 11.6 Å². The molecular weight excluding hydrogens is 348 g/mol. The third-order valence-electron chi connectivity index (χ3n) is 4.16. The molecule has 0 saturated carbocycles. The Bertz CT molecular complexity index is 779. The molecule has 0 spiro atoms. The lowest BCUT2D eigenvalue weighted by Gasteiger charge is -2.23. The number of nitrogens with zero attached hydrogens (tertiary/aromatic N) is 1. The second kappa shape index (κ2) is 8.37. The van der Waals surface area contributed by atoms with Gasteiger partial charge in [0.2, 0.25) is 11.8 Å². The number of hydrogen-bond acceptors (Lipinski definition) is 2. The third kappa shape index (κ3) is 5.33. The van der Waals surface area contributed by atoms with Crippen LogP contribution in [0.2, 0.25) is 5.02 Å². The first-order valence-corrected chi connectivity index (χ1v) is 8.95. The van der Waals surface area contributed by atoms with Crippen LogP contribution < -0.4 is 10.2 Å². The summed E-state index contributed by atoms with van der Waals surface area (Å²) < 4.78 is 0. The fourth-order valence-electron chi connectivity index (χ4n) is 2.56. The third-order valence-corrected chi connectivity index (χ3v) is 4.53. The summed E-state index contributed by atoms with van der Waals surface area (Å²) in [5.74, 6) is -0.415. The minimum Gasteiger partial charge on any atom is -0.350 e. The van der Waals surface area contributed by atoms with Crippen LogP contribution in [0.15, 0.2) is 48.5 Å². The van der Waals surface area contributed by atoms with Crippen molar-refractivity contribution in [3.63, 3.8) is 0 Å². The van der Waals surface area contributed by atoms with Gasteiger partial charge >= 0.3 is 0 Å². The van der Waals surface area contributed by atoms with Crippen molar-refractivity contribution in [2.45, 2.75) is 39.7 Å². The average molecular weight is 373 g/mol. The van der Waals surface area contributed by atoms with E-state index in [0.717, 1.165) is 5.56 Å². The Morgan fingerprint density at radius 3 is 2.19 bits per heavy atom. The predicted octanol–water partition coefficient (Wildman–Crippen LogP) is 4.31. The summed E-state index contributed by atoms with van der Waals surface area (Å²) in [4.78, 5) is 25.8. The van der Waals surface area contributed by atoms with Crippen LogP contribution in [0.3, 0.4) is 0 Å². The molecule has 2 rings (SSSR count). The second-order valence-electron chi connectivity index (χ2n) is 7.27. The summed E-state index contributed by atoms with van der Waals surface area (Å²) in [6.45, 7) is 8.15. The van der Waals surface area contributed by atoms with E-state index >= 15 is 0 Å². The fourth-order valence-corrected chi connectivity index (χ4v) is 2.76. The van der Waals surface area contributed by atoms with Crippen LogP contribution in [0.4, 0.5) is 5.69 Å². The predicted molar refractivity (Wildman–Crippen MR) is 106 cm³/mol. The molecule has 26 heavy (non-hydrogen) atoms. The van der Waals surface area contributed by atoms with E-state index in [1.54, 1.807) is 6.07 Å². The second-order valence-corrected chi connectivity index (χ2v) is 7.68. The Morgan fingerprint density at radius 2 is 1.65 bits per heavy atom. The van der Waals surface area contributed by atoms with Gasteiger partial charge in [0.1, 0.15) is 6.54 Å². The molecular formula is C21H25ClN2O2. The molecule has 2 aromatic rings. The summed E-state index contributed by atoms with van der Waals surface area (Å²) in [5, 5.41) is 3.42. The molecule has 2 aromatic carbocycles. The molecule has 0 aliphatic rings. The molecule has 2 amide bonds. The van der Waals surface area contributed by atoms with Gasteiger partial charge in [-0.25, -0.2) is 0 Å². The zero-order chi connectivity index (χ0) is 19.3. The molecule has 0 aliphatic heterocycles. The number of halogens is 1. The maximum Gasteiger partial charge on any atom is 0.240 e. The van der Waals surface area contributed by atoms with Crippen molar-refractivity contribution in [2.75, 3.05) is 11.4 Å². The van der Waals surface area contributed by atoms with E-state index in [9.17, 15) is 9.59 Å². The number of amides is 2. The van der Waals surface area contributed by atoms with Crippen molar-refractivity contribution in [1.29, 1.82) is 0 Å². The van der Waals surface area contributed by atoms with Crippen molar-refractivity contribution in [3.8, 4) is 0 Å². The monoisotopic (exact) mass is 372 g/mol. The van der Waals surface area contributed by atoms with Gasteiger partial charge in [-0.05, 0) is 34.7 Å². The zero-order valence-corrected chi connectivity index (χ0v) is 16.4. The first-order chi connectivity index (χ1) is 12.2. The van der Waals surface area contributed by atoms with Crippen LogP contribution in [0.25, 0.3) is 0 Å². The molecule has 138 valence electrons. The summed E-state index contributed by atoms with van der Waals surface area (Å²) >= 11 is 6.10. The quantitative estimate of drug-likeness (QED) is 0.850. The lowest BCUT2D eigenvalue weighted by atomic mass is 9.87. The summed E-state index contributed by atoms with van der Waals surface area (Å²) in [6, 6.07) is 15.1.